The van der Waals surface area contributed by atoms with Gasteiger partial charge in [-0.3, -0.25) is 19.5 Å². The highest BCUT2D eigenvalue weighted by Crippen LogP contribution is 2.35. The Morgan fingerprint density at radius 3 is 2.50 bits per heavy atom. The van der Waals surface area contributed by atoms with Gasteiger partial charge in [-0.05, 0) is 61.9 Å². The predicted molar refractivity (Wildman–Crippen MR) is 135 cm³/mol. The van der Waals surface area contributed by atoms with Crippen molar-refractivity contribution in [2.24, 2.45) is 0 Å². The molecule has 0 bridgehead atoms. The van der Waals surface area contributed by atoms with E-state index in [1.165, 1.54) is 47.8 Å². The van der Waals surface area contributed by atoms with Gasteiger partial charge in [0.05, 0.1) is 12.8 Å². The molecule has 4 rings (SSSR count). The van der Waals surface area contributed by atoms with Crippen LogP contribution >= 0.6 is 0 Å². The van der Waals surface area contributed by atoms with Crippen molar-refractivity contribution in [3.63, 3.8) is 0 Å². The smallest absolute Gasteiger partial charge is 0.279 e. The topological polar surface area (TPSA) is 84.4 Å². The van der Waals surface area contributed by atoms with Crippen molar-refractivity contribution in [1.82, 2.24) is 9.97 Å². The van der Waals surface area contributed by atoms with Gasteiger partial charge in [0.15, 0.2) is 0 Å². The standard InChI is InChI=1S/C28H25FN4O3/c1-3-36-25-10-5-4-9-23(25)26(27(34)32-21-13-11-20(29)12-14-21)33(22-8-6-7-19(2)17-22)28(35)24-18-30-15-16-31-24/h4-18,26H,3H2,1-2H3,(H,32,34)/t26-/m1/s1. The average molecular weight is 485 g/mol. The number of hydrogen-bond acceptors (Lipinski definition) is 5. The molecule has 0 aliphatic carbocycles. The maximum atomic E-state index is 13.9. The summed E-state index contributed by atoms with van der Waals surface area (Å²) in [6.45, 7) is 4.11. The molecule has 3 aromatic carbocycles. The van der Waals surface area contributed by atoms with Gasteiger partial charge in [-0.2, -0.15) is 0 Å². The molecular formula is C28H25FN4O3. The lowest BCUT2D eigenvalue weighted by atomic mass is 10.0. The summed E-state index contributed by atoms with van der Waals surface area (Å²) in [6, 6.07) is 18.6. The number of carbonyl (C=O) groups is 2. The summed E-state index contributed by atoms with van der Waals surface area (Å²) in [7, 11) is 0. The molecule has 36 heavy (non-hydrogen) atoms. The second kappa shape index (κ2) is 11.2. The first-order valence-electron chi connectivity index (χ1n) is 11.4. The Bertz CT molecular complexity index is 1350. The Morgan fingerprint density at radius 1 is 1.03 bits per heavy atom. The minimum atomic E-state index is -1.14. The van der Waals surface area contributed by atoms with Gasteiger partial charge in [0.1, 0.15) is 23.3 Å². The molecule has 0 spiro atoms. The number of amides is 2. The molecule has 7 nitrogen and oxygen atoms in total. The van der Waals surface area contributed by atoms with E-state index in [1.807, 2.05) is 32.0 Å². The zero-order valence-corrected chi connectivity index (χ0v) is 19.9. The van der Waals surface area contributed by atoms with Crippen LogP contribution < -0.4 is 15.0 Å². The maximum absolute atomic E-state index is 13.9. The Hall–Kier alpha value is -4.59. The molecule has 8 heteroatoms. The fraction of sp³-hybridized carbons (Fsp3) is 0.143. The normalized spacial score (nSPS) is 11.4. The van der Waals surface area contributed by atoms with Crippen LogP contribution in [0, 0.1) is 12.7 Å². The third-order valence-electron chi connectivity index (χ3n) is 5.41. The lowest BCUT2D eigenvalue weighted by Crippen LogP contribution is -2.42. The summed E-state index contributed by atoms with van der Waals surface area (Å²) in [6.07, 6.45) is 4.24. The molecule has 0 fully saturated rings. The summed E-state index contributed by atoms with van der Waals surface area (Å²) in [5, 5.41) is 2.82. The molecule has 1 N–H and O–H groups in total. The first-order chi connectivity index (χ1) is 17.5. The van der Waals surface area contributed by atoms with Crippen molar-refractivity contribution in [1.29, 1.82) is 0 Å². The molecule has 1 aromatic heterocycles. The van der Waals surface area contributed by atoms with Gasteiger partial charge in [0, 0.05) is 29.3 Å². The molecule has 4 aromatic rings. The van der Waals surface area contributed by atoms with E-state index >= 15 is 0 Å². The second-order valence-corrected chi connectivity index (χ2v) is 7.97. The third kappa shape index (κ3) is 5.55. The monoisotopic (exact) mass is 484 g/mol. The number of anilines is 2. The Morgan fingerprint density at radius 2 is 1.81 bits per heavy atom. The number of hydrogen-bond donors (Lipinski definition) is 1. The highest BCUT2D eigenvalue weighted by Gasteiger charge is 2.36. The zero-order chi connectivity index (χ0) is 25.5. The van der Waals surface area contributed by atoms with Crippen molar-refractivity contribution in [3.8, 4) is 5.75 Å². The van der Waals surface area contributed by atoms with Gasteiger partial charge in [0.25, 0.3) is 11.8 Å². The summed E-state index contributed by atoms with van der Waals surface area (Å²) >= 11 is 0. The van der Waals surface area contributed by atoms with E-state index in [4.69, 9.17) is 4.74 Å². The van der Waals surface area contributed by atoms with Crippen molar-refractivity contribution in [2.75, 3.05) is 16.8 Å². The van der Waals surface area contributed by atoms with Gasteiger partial charge < -0.3 is 10.1 Å². The van der Waals surface area contributed by atoms with Crippen molar-refractivity contribution in [3.05, 3.63) is 114 Å². The lowest BCUT2D eigenvalue weighted by molar-refractivity contribution is -0.117. The van der Waals surface area contributed by atoms with Crippen LogP contribution in [0.3, 0.4) is 0 Å². The minimum Gasteiger partial charge on any atom is -0.493 e. The first-order valence-corrected chi connectivity index (χ1v) is 11.4. The number of carbonyl (C=O) groups excluding carboxylic acids is 2. The van der Waals surface area contributed by atoms with E-state index in [9.17, 15) is 14.0 Å². The van der Waals surface area contributed by atoms with E-state index in [1.54, 1.807) is 30.3 Å². The van der Waals surface area contributed by atoms with Gasteiger partial charge in [-0.1, -0.05) is 30.3 Å². The molecular weight excluding hydrogens is 459 g/mol. The number of halogens is 1. The summed E-state index contributed by atoms with van der Waals surface area (Å²) in [4.78, 5) is 37.4. The molecule has 182 valence electrons. The maximum Gasteiger partial charge on any atom is 0.279 e. The first kappa shape index (κ1) is 24.5. The van der Waals surface area contributed by atoms with Crippen LogP contribution in [0.25, 0.3) is 0 Å². The fourth-order valence-corrected chi connectivity index (χ4v) is 3.83. The Labute approximate surface area is 208 Å². The van der Waals surface area contributed by atoms with E-state index in [0.29, 0.717) is 29.3 Å². The zero-order valence-electron chi connectivity index (χ0n) is 19.9. The molecule has 1 heterocycles. The third-order valence-corrected chi connectivity index (χ3v) is 5.41. The van der Waals surface area contributed by atoms with Crippen molar-refractivity contribution in [2.45, 2.75) is 19.9 Å². The molecule has 0 aliphatic rings. The highest BCUT2D eigenvalue weighted by atomic mass is 19.1. The number of benzene rings is 3. The van der Waals surface area contributed by atoms with Gasteiger partial charge in [-0.15, -0.1) is 0 Å². The fourth-order valence-electron chi connectivity index (χ4n) is 3.83. The van der Waals surface area contributed by atoms with E-state index < -0.39 is 23.7 Å². The van der Waals surface area contributed by atoms with Crippen LogP contribution in [0.4, 0.5) is 15.8 Å². The quantitative estimate of drug-likeness (QED) is 0.365. The number of aromatic nitrogens is 2. The number of ether oxygens (including phenoxy) is 1. The largest absolute Gasteiger partial charge is 0.493 e. The Kier molecular flexibility index (Phi) is 7.65. The number of aryl methyl sites for hydroxylation is 1. The molecule has 0 saturated heterocycles. The molecule has 2 amide bonds. The number of nitrogens with one attached hydrogen (secondary N) is 1. The number of para-hydroxylation sites is 1. The van der Waals surface area contributed by atoms with E-state index in [0.717, 1.165) is 5.56 Å². The van der Waals surface area contributed by atoms with Gasteiger partial charge in [-0.25, -0.2) is 9.37 Å². The molecule has 1 atom stereocenters. The van der Waals surface area contributed by atoms with E-state index in [2.05, 4.69) is 15.3 Å². The SMILES string of the molecule is CCOc1ccccc1[C@H](C(=O)Nc1ccc(F)cc1)N(C(=O)c1cnccn1)c1cccc(C)c1. The average Bonchev–Trinajstić information content (AvgIpc) is 2.89. The minimum absolute atomic E-state index is 0.0764. The van der Waals surface area contributed by atoms with E-state index in [-0.39, 0.29) is 5.69 Å². The van der Waals surface area contributed by atoms with Gasteiger partial charge in [0.2, 0.25) is 0 Å². The molecule has 0 aliphatic heterocycles. The molecule has 0 saturated carbocycles. The number of rotatable bonds is 8. The second-order valence-electron chi connectivity index (χ2n) is 7.97. The van der Waals surface area contributed by atoms with Crippen LogP contribution in [0.1, 0.15) is 34.6 Å². The highest BCUT2D eigenvalue weighted by molar-refractivity contribution is 6.11. The molecule has 0 unspecified atom stereocenters. The summed E-state index contributed by atoms with van der Waals surface area (Å²) < 4.78 is 19.3. The van der Waals surface area contributed by atoms with Crippen LogP contribution in [0.15, 0.2) is 91.4 Å². The van der Waals surface area contributed by atoms with Crippen molar-refractivity contribution < 1.29 is 18.7 Å². The predicted octanol–water partition coefficient (Wildman–Crippen LogP) is 5.35. The number of nitrogens with zero attached hydrogens (tertiary/aromatic N) is 3. The summed E-state index contributed by atoms with van der Waals surface area (Å²) in [5.74, 6) is -0.985. The van der Waals surface area contributed by atoms with Crippen LogP contribution in [-0.2, 0) is 4.79 Å². The lowest BCUT2D eigenvalue weighted by Gasteiger charge is -2.32. The Balaban J connectivity index is 1.89. The van der Waals surface area contributed by atoms with Crippen LogP contribution in [-0.4, -0.2) is 28.4 Å². The van der Waals surface area contributed by atoms with Crippen LogP contribution in [0.5, 0.6) is 5.75 Å². The summed E-state index contributed by atoms with van der Waals surface area (Å²) in [5.41, 5.74) is 2.35. The van der Waals surface area contributed by atoms with Crippen LogP contribution in [0.2, 0.25) is 0 Å². The van der Waals surface area contributed by atoms with Gasteiger partial charge >= 0.3 is 0 Å². The van der Waals surface area contributed by atoms with Crippen molar-refractivity contribution >= 4 is 23.2 Å². The molecule has 0 radical (unpaired) electrons.